The summed E-state index contributed by atoms with van der Waals surface area (Å²) in [4.78, 5) is 16.6. The lowest BCUT2D eigenvalue weighted by atomic mass is 9.67. The Bertz CT molecular complexity index is 741. The molecule has 0 aliphatic carbocycles. The molecule has 0 spiro atoms. The van der Waals surface area contributed by atoms with Crippen molar-refractivity contribution in [3.8, 4) is 0 Å². The summed E-state index contributed by atoms with van der Waals surface area (Å²) in [7, 11) is 0. The molecule has 3 rings (SSSR count). The molecule has 0 saturated carbocycles. The molecule has 26 heavy (non-hydrogen) atoms. The summed E-state index contributed by atoms with van der Waals surface area (Å²) >= 11 is 1.58. The number of amides is 1. The second-order valence-electron chi connectivity index (χ2n) is 7.82. The Morgan fingerprint density at radius 3 is 2.73 bits per heavy atom. The van der Waals surface area contributed by atoms with Crippen molar-refractivity contribution in [3.05, 3.63) is 52.0 Å². The van der Waals surface area contributed by atoms with Gasteiger partial charge in [-0.25, -0.2) is 4.98 Å². The molecule has 1 saturated heterocycles. The molecule has 1 aliphatic heterocycles. The summed E-state index contributed by atoms with van der Waals surface area (Å²) in [5, 5.41) is 6.05. The Labute approximate surface area is 160 Å². The summed E-state index contributed by atoms with van der Waals surface area (Å²) in [5.74, 6) is 0.0461. The van der Waals surface area contributed by atoms with Crippen LogP contribution in [0.5, 0.6) is 0 Å². The lowest BCUT2D eigenvalue weighted by molar-refractivity contribution is -0.120. The molecule has 2 aromatic rings. The van der Waals surface area contributed by atoms with Gasteiger partial charge in [-0.3, -0.25) is 4.79 Å². The van der Waals surface area contributed by atoms with Gasteiger partial charge in [0.15, 0.2) is 0 Å². The van der Waals surface area contributed by atoms with E-state index >= 15 is 0 Å². The third kappa shape index (κ3) is 4.71. The molecule has 140 valence electrons. The molecule has 1 amide bonds. The van der Waals surface area contributed by atoms with Crippen LogP contribution in [0.25, 0.3) is 0 Å². The van der Waals surface area contributed by atoms with E-state index in [0.717, 1.165) is 36.6 Å². The van der Waals surface area contributed by atoms with Crippen molar-refractivity contribution in [2.75, 3.05) is 13.2 Å². The zero-order chi connectivity index (χ0) is 18.6. The number of carbonyl (C=O) groups excluding carboxylic acids is 1. The van der Waals surface area contributed by atoms with Gasteiger partial charge in [0, 0.05) is 23.9 Å². The summed E-state index contributed by atoms with van der Waals surface area (Å²) in [6.07, 6.45) is 3.23. The molecule has 5 heteroatoms. The fourth-order valence-corrected chi connectivity index (χ4v) is 4.64. The third-order valence-corrected chi connectivity index (χ3v) is 5.98. The van der Waals surface area contributed by atoms with E-state index in [0.29, 0.717) is 13.0 Å². The van der Waals surface area contributed by atoms with Crippen LogP contribution in [0.3, 0.4) is 0 Å². The number of nitrogens with zero attached hydrogens (tertiary/aromatic N) is 1. The smallest absolute Gasteiger partial charge is 0.226 e. The Kier molecular flexibility index (Phi) is 5.78. The monoisotopic (exact) mass is 372 g/mol. The number of aromatic nitrogens is 1. The Hall–Kier alpha value is -1.72. The molecule has 1 N–H and O–H groups in total. The van der Waals surface area contributed by atoms with Crippen LogP contribution in [0.15, 0.2) is 35.7 Å². The number of hydrogen-bond acceptors (Lipinski definition) is 4. The van der Waals surface area contributed by atoms with Gasteiger partial charge in [-0.05, 0) is 45.6 Å². The van der Waals surface area contributed by atoms with Crippen molar-refractivity contribution < 1.29 is 9.53 Å². The van der Waals surface area contributed by atoms with Crippen LogP contribution in [0.4, 0.5) is 0 Å². The van der Waals surface area contributed by atoms with Gasteiger partial charge in [0.05, 0.1) is 22.7 Å². The molecule has 1 aliphatic rings. The second kappa shape index (κ2) is 7.89. The summed E-state index contributed by atoms with van der Waals surface area (Å²) in [6, 6.07) is 10.7. The first-order valence-electron chi connectivity index (χ1n) is 9.26. The highest BCUT2D eigenvalue weighted by Crippen LogP contribution is 2.43. The number of nitrogens with one attached hydrogen (secondary N) is 1. The SMILES string of the molecule is Cc1nc(CC(=O)NCCC2(c3ccccc3)CCOC(C)(C)C2)cs1. The summed E-state index contributed by atoms with van der Waals surface area (Å²) < 4.78 is 5.96. The quantitative estimate of drug-likeness (QED) is 0.833. The lowest BCUT2D eigenvalue weighted by Crippen LogP contribution is -2.45. The molecule has 1 unspecified atom stereocenters. The minimum atomic E-state index is -0.143. The van der Waals surface area contributed by atoms with Gasteiger partial charge in [0.25, 0.3) is 0 Å². The first kappa shape index (κ1) is 19.1. The number of ether oxygens (including phenoxy) is 1. The normalized spacial score (nSPS) is 22.1. The Morgan fingerprint density at radius 1 is 1.31 bits per heavy atom. The van der Waals surface area contributed by atoms with Crippen LogP contribution in [-0.2, 0) is 21.4 Å². The molecule has 4 nitrogen and oxygen atoms in total. The van der Waals surface area contributed by atoms with Gasteiger partial charge < -0.3 is 10.1 Å². The van der Waals surface area contributed by atoms with Crippen LogP contribution in [0.1, 0.15) is 49.4 Å². The van der Waals surface area contributed by atoms with E-state index in [4.69, 9.17) is 4.74 Å². The number of thiazole rings is 1. The van der Waals surface area contributed by atoms with E-state index in [-0.39, 0.29) is 16.9 Å². The maximum Gasteiger partial charge on any atom is 0.226 e. The number of benzene rings is 1. The molecule has 0 bridgehead atoms. The van der Waals surface area contributed by atoms with Crippen LogP contribution in [0, 0.1) is 6.92 Å². The van der Waals surface area contributed by atoms with E-state index in [1.165, 1.54) is 5.56 Å². The predicted octanol–water partition coefficient (Wildman–Crippen LogP) is 4.03. The second-order valence-corrected chi connectivity index (χ2v) is 8.88. The average molecular weight is 373 g/mol. The topological polar surface area (TPSA) is 51.2 Å². The summed E-state index contributed by atoms with van der Waals surface area (Å²) in [5.41, 5.74) is 2.11. The molecular formula is C21H28N2O2S. The van der Waals surface area contributed by atoms with Gasteiger partial charge in [0.1, 0.15) is 0 Å². The van der Waals surface area contributed by atoms with Crippen molar-refractivity contribution in [2.45, 2.75) is 57.5 Å². The molecule has 1 atom stereocenters. The van der Waals surface area contributed by atoms with Crippen LogP contribution in [-0.4, -0.2) is 29.6 Å². The molecule has 1 aromatic carbocycles. The van der Waals surface area contributed by atoms with Gasteiger partial charge in [-0.15, -0.1) is 11.3 Å². The van der Waals surface area contributed by atoms with Crippen molar-refractivity contribution in [3.63, 3.8) is 0 Å². The highest BCUT2D eigenvalue weighted by atomic mass is 32.1. The van der Waals surface area contributed by atoms with Crippen molar-refractivity contribution in [1.29, 1.82) is 0 Å². The van der Waals surface area contributed by atoms with Gasteiger partial charge in [-0.2, -0.15) is 0 Å². The van der Waals surface area contributed by atoms with Gasteiger partial charge in [-0.1, -0.05) is 30.3 Å². The molecule has 0 radical (unpaired) electrons. The first-order chi connectivity index (χ1) is 12.4. The summed E-state index contributed by atoms with van der Waals surface area (Å²) in [6.45, 7) is 7.71. The maximum absolute atomic E-state index is 12.3. The molecular weight excluding hydrogens is 344 g/mol. The highest BCUT2D eigenvalue weighted by Gasteiger charge is 2.41. The number of hydrogen-bond donors (Lipinski definition) is 1. The zero-order valence-electron chi connectivity index (χ0n) is 15.9. The number of rotatable bonds is 6. The van der Waals surface area contributed by atoms with Crippen LogP contribution >= 0.6 is 11.3 Å². The Morgan fingerprint density at radius 2 is 2.08 bits per heavy atom. The standard InChI is InChI=1S/C21H28N2O2S/c1-16-23-18(14-26-16)13-19(24)22-11-9-21(17-7-5-4-6-8-17)10-12-25-20(2,3)15-21/h4-8,14H,9-13,15H2,1-3H3,(H,22,24). The van der Waals surface area contributed by atoms with E-state index in [1.54, 1.807) is 11.3 Å². The number of carbonyl (C=O) groups is 1. The highest BCUT2D eigenvalue weighted by molar-refractivity contribution is 7.09. The first-order valence-corrected chi connectivity index (χ1v) is 10.1. The zero-order valence-corrected chi connectivity index (χ0v) is 16.7. The lowest BCUT2D eigenvalue weighted by Gasteiger charge is -2.45. The third-order valence-electron chi connectivity index (χ3n) is 5.16. The average Bonchev–Trinajstić information content (AvgIpc) is 2.99. The largest absolute Gasteiger partial charge is 0.376 e. The molecule has 1 fully saturated rings. The maximum atomic E-state index is 12.3. The fraction of sp³-hybridized carbons (Fsp3) is 0.524. The molecule has 2 heterocycles. The van der Waals surface area contributed by atoms with Crippen molar-refractivity contribution in [2.24, 2.45) is 0 Å². The van der Waals surface area contributed by atoms with Crippen molar-refractivity contribution in [1.82, 2.24) is 10.3 Å². The van der Waals surface area contributed by atoms with E-state index < -0.39 is 0 Å². The number of aryl methyl sites for hydroxylation is 1. The van der Waals surface area contributed by atoms with Crippen LogP contribution < -0.4 is 5.32 Å². The molecule has 1 aromatic heterocycles. The van der Waals surface area contributed by atoms with E-state index in [9.17, 15) is 4.79 Å². The Balaban J connectivity index is 1.64. The van der Waals surface area contributed by atoms with Crippen LogP contribution in [0.2, 0.25) is 0 Å². The van der Waals surface area contributed by atoms with E-state index in [2.05, 4.69) is 54.5 Å². The van der Waals surface area contributed by atoms with E-state index in [1.807, 2.05) is 12.3 Å². The van der Waals surface area contributed by atoms with Gasteiger partial charge in [0.2, 0.25) is 5.91 Å². The van der Waals surface area contributed by atoms with Crippen molar-refractivity contribution >= 4 is 17.2 Å². The minimum absolute atomic E-state index is 0.0461. The fourth-order valence-electron chi connectivity index (χ4n) is 4.03. The van der Waals surface area contributed by atoms with Gasteiger partial charge >= 0.3 is 0 Å². The minimum Gasteiger partial charge on any atom is -0.376 e. The predicted molar refractivity (Wildman–Crippen MR) is 106 cm³/mol.